The maximum atomic E-state index is 13.3. The minimum Gasteiger partial charge on any atom is -0.507 e. The van der Waals surface area contributed by atoms with Gasteiger partial charge in [-0.1, -0.05) is 48.0 Å². The number of hydrogen-bond acceptors (Lipinski definition) is 6. The highest BCUT2D eigenvalue weighted by atomic mass is 35.5. The summed E-state index contributed by atoms with van der Waals surface area (Å²) in [5.74, 6) is -1.98. The third-order valence-electron chi connectivity index (χ3n) is 6.18. The number of likely N-dealkylation sites (tertiary alicyclic amines) is 1. The predicted octanol–water partition coefficient (Wildman–Crippen LogP) is 5.07. The van der Waals surface area contributed by atoms with Crippen molar-refractivity contribution >= 4 is 35.0 Å². The number of carbonyl (C=O) groups is 3. The highest BCUT2D eigenvalue weighted by molar-refractivity contribution is 6.47. The minimum atomic E-state index is -0.853. The van der Waals surface area contributed by atoms with E-state index in [0.29, 0.717) is 22.4 Å². The van der Waals surface area contributed by atoms with Crippen molar-refractivity contribution in [3.05, 3.63) is 105 Å². The first-order chi connectivity index (χ1) is 17.3. The number of amides is 1. The van der Waals surface area contributed by atoms with Crippen LogP contribution in [0.1, 0.15) is 38.7 Å². The molecule has 4 rings (SSSR count). The molecule has 0 bridgehead atoms. The van der Waals surface area contributed by atoms with Gasteiger partial charge in [-0.25, -0.2) is 4.79 Å². The standard InChI is InChI=1S/C28H24ClNO6/c1-16-6-4-5-7-20(16)24-23(25(31)21-14-19(35-2)12-13-22(21)29)26(32)27(33)30(24)15-17-8-10-18(11-9-17)28(34)36-3/h4-14,24,31H,15H2,1-3H3/b25-23+. The molecule has 1 N–H and O–H groups in total. The Kier molecular flexibility index (Phi) is 7.12. The number of hydrogen-bond donors (Lipinski definition) is 1. The summed E-state index contributed by atoms with van der Waals surface area (Å²) >= 11 is 6.36. The molecule has 1 aliphatic rings. The molecular weight excluding hydrogens is 482 g/mol. The number of carbonyl (C=O) groups excluding carboxylic acids is 3. The summed E-state index contributed by atoms with van der Waals surface area (Å²) in [6, 6.07) is 17.8. The fourth-order valence-corrected chi connectivity index (χ4v) is 4.49. The van der Waals surface area contributed by atoms with Gasteiger partial charge in [0.1, 0.15) is 11.5 Å². The van der Waals surface area contributed by atoms with Crippen LogP contribution in [0.4, 0.5) is 0 Å². The van der Waals surface area contributed by atoms with E-state index in [9.17, 15) is 19.5 Å². The van der Waals surface area contributed by atoms with Gasteiger partial charge in [0.2, 0.25) is 0 Å². The number of aliphatic hydroxyl groups excluding tert-OH is 1. The van der Waals surface area contributed by atoms with Crippen molar-refractivity contribution in [2.24, 2.45) is 0 Å². The van der Waals surface area contributed by atoms with Gasteiger partial charge in [-0.3, -0.25) is 9.59 Å². The van der Waals surface area contributed by atoms with Crippen LogP contribution in [0.2, 0.25) is 5.02 Å². The van der Waals surface area contributed by atoms with Crippen molar-refractivity contribution in [2.45, 2.75) is 19.5 Å². The number of esters is 1. The van der Waals surface area contributed by atoms with E-state index in [-0.39, 0.29) is 28.5 Å². The summed E-state index contributed by atoms with van der Waals surface area (Å²) < 4.78 is 9.98. The molecule has 0 aromatic heterocycles. The van der Waals surface area contributed by atoms with E-state index < -0.39 is 23.7 Å². The van der Waals surface area contributed by atoms with Crippen molar-refractivity contribution in [1.82, 2.24) is 4.90 Å². The number of methoxy groups -OCH3 is 2. The fraction of sp³-hybridized carbons (Fsp3) is 0.179. The summed E-state index contributed by atoms with van der Waals surface area (Å²) in [6.45, 7) is 1.95. The van der Waals surface area contributed by atoms with Crippen LogP contribution in [0.25, 0.3) is 5.76 Å². The molecule has 1 amide bonds. The van der Waals surface area contributed by atoms with Crippen molar-refractivity contribution < 1.29 is 29.0 Å². The van der Waals surface area contributed by atoms with Gasteiger partial charge >= 0.3 is 5.97 Å². The van der Waals surface area contributed by atoms with Gasteiger partial charge in [0.15, 0.2) is 0 Å². The number of aliphatic hydroxyl groups is 1. The lowest BCUT2D eigenvalue weighted by molar-refractivity contribution is -0.140. The number of halogens is 1. The zero-order chi connectivity index (χ0) is 26.0. The molecule has 1 atom stereocenters. The Balaban J connectivity index is 1.85. The molecule has 1 saturated heterocycles. The molecule has 1 aliphatic heterocycles. The summed E-state index contributed by atoms with van der Waals surface area (Å²) in [7, 11) is 2.78. The van der Waals surface area contributed by atoms with Crippen LogP contribution in [0.5, 0.6) is 5.75 Å². The molecule has 1 fully saturated rings. The average molecular weight is 506 g/mol. The molecule has 0 aliphatic carbocycles. The van der Waals surface area contributed by atoms with Gasteiger partial charge in [-0.05, 0) is 53.9 Å². The van der Waals surface area contributed by atoms with Crippen LogP contribution in [0.3, 0.4) is 0 Å². The molecule has 3 aromatic carbocycles. The van der Waals surface area contributed by atoms with E-state index >= 15 is 0 Å². The molecule has 3 aromatic rings. The van der Waals surface area contributed by atoms with Gasteiger partial charge in [0.25, 0.3) is 11.7 Å². The zero-order valence-corrected chi connectivity index (χ0v) is 20.7. The molecule has 36 heavy (non-hydrogen) atoms. The molecule has 0 radical (unpaired) electrons. The molecule has 8 heteroatoms. The fourth-order valence-electron chi connectivity index (χ4n) is 4.28. The second-order valence-electron chi connectivity index (χ2n) is 8.32. The Morgan fingerprint density at radius 3 is 2.36 bits per heavy atom. The highest BCUT2D eigenvalue weighted by Gasteiger charge is 2.46. The molecule has 7 nitrogen and oxygen atoms in total. The molecule has 1 unspecified atom stereocenters. The summed E-state index contributed by atoms with van der Waals surface area (Å²) in [6.07, 6.45) is 0. The largest absolute Gasteiger partial charge is 0.507 e. The Morgan fingerprint density at radius 2 is 1.72 bits per heavy atom. The third-order valence-corrected chi connectivity index (χ3v) is 6.51. The number of Topliss-reactive ketones (excluding diaryl/α,β-unsaturated/α-hetero) is 1. The average Bonchev–Trinajstić information content (AvgIpc) is 3.13. The second-order valence-corrected chi connectivity index (χ2v) is 8.73. The van der Waals surface area contributed by atoms with E-state index in [1.165, 1.54) is 25.2 Å². The molecule has 0 spiro atoms. The Hall–Kier alpha value is -4.10. The van der Waals surface area contributed by atoms with Gasteiger partial charge in [-0.15, -0.1) is 0 Å². The number of rotatable bonds is 6. The quantitative estimate of drug-likeness (QED) is 0.218. The van der Waals surface area contributed by atoms with E-state index in [0.717, 1.165) is 5.56 Å². The highest BCUT2D eigenvalue weighted by Crippen LogP contribution is 2.42. The first-order valence-corrected chi connectivity index (χ1v) is 11.5. The number of aryl methyl sites for hydroxylation is 1. The lowest BCUT2D eigenvalue weighted by Crippen LogP contribution is -2.29. The monoisotopic (exact) mass is 505 g/mol. The Labute approximate surface area is 213 Å². The van der Waals surface area contributed by atoms with Crippen molar-refractivity contribution in [3.8, 4) is 5.75 Å². The maximum Gasteiger partial charge on any atom is 0.337 e. The molecule has 1 heterocycles. The van der Waals surface area contributed by atoms with Crippen LogP contribution >= 0.6 is 11.6 Å². The first-order valence-electron chi connectivity index (χ1n) is 11.1. The van der Waals surface area contributed by atoms with Gasteiger partial charge in [0.05, 0.1) is 36.4 Å². The molecular formula is C28H24ClNO6. The van der Waals surface area contributed by atoms with E-state index in [1.807, 2.05) is 31.2 Å². The minimum absolute atomic E-state index is 0.0596. The Morgan fingerprint density at radius 1 is 1.03 bits per heavy atom. The van der Waals surface area contributed by atoms with Crippen LogP contribution in [0, 0.1) is 6.92 Å². The topological polar surface area (TPSA) is 93.1 Å². The lowest BCUT2D eigenvalue weighted by Gasteiger charge is -2.27. The summed E-state index contributed by atoms with van der Waals surface area (Å²) in [4.78, 5) is 39.8. The first kappa shape index (κ1) is 25.0. The van der Waals surface area contributed by atoms with Crippen LogP contribution in [-0.4, -0.2) is 41.9 Å². The zero-order valence-electron chi connectivity index (χ0n) is 19.9. The van der Waals surface area contributed by atoms with Gasteiger partial charge in [0, 0.05) is 12.1 Å². The second kappa shape index (κ2) is 10.3. The van der Waals surface area contributed by atoms with Gasteiger partial charge in [-0.2, -0.15) is 0 Å². The Bertz CT molecular complexity index is 1380. The number of ether oxygens (including phenoxy) is 2. The number of benzene rings is 3. The normalized spacial score (nSPS) is 16.8. The van der Waals surface area contributed by atoms with Crippen LogP contribution in [0.15, 0.2) is 72.3 Å². The summed E-state index contributed by atoms with van der Waals surface area (Å²) in [5, 5.41) is 11.5. The van der Waals surface area contributed by atoms with Crippen LogP contribution in [-0.2, 0) is 20.9 Å². The lowest BCUT2D eigenvalue weighted by atomic mass is 9.92. The maximum absolute atomic E-state index is 13.3. The summed E-state index contributed by atoms with van der Waals surface area (Å²) in [5.41, 5.74) is 2.74. The van der Waals surface area contributed by atoms with Crippen molar-refractivity contribution in [1.29, 1.82) is 0 Å². The van der Waals surface area contributed by atoms with Gasteiger partial charge < -0.3 is 19.5 Å². The van der Waals surface area contributed by atoms with Crippen LogP contribution < -0.4 is 4.74 Å². The molecule has 184 valence electrons. The number of nitrogens with zero attached hydrogens (tertiary/aromatic N) is 1. The smallest absolute Gasteiger partial charge is 0.337 e. The van der Waals surface area contributed by atoms with Crippen molar-refractivity contribution in [3.63, 3.8) is 0 Å². The predicted molar refractivity (Wildman–Crippen MR) is 135 cm³/mol. The number of ketones is 1. The SMILES string of the molecule is COC(=O)c1ccc(CN2C(=O)C(=O)/C(=C(/O)c3cc(OC)ccc3Cl)C2c2ccccc2C)cc1. The van der Waals surface area contributed by atoms with E-state index in [4.69, 9.17) is 21.1 Å². The van der Waals surface area contributed by atoms with E-state index in [1.54, 1.807) is 36.4 Å². The van der Waals surface area contributed by atoms with Crippen molar-refractivity contribution in [2.75, 3.05) is 14.2 Å². The molecule has 0 saturated carbocycles. The third kappa shape index (κ3) is 4.57. The van der Waals surface area contributed by atoms with E-state index in [2.05, 4.69) is 0 Å².